The standard InChI is InChI=1S/C15H20N4O3S/c1-4-18(5-2)14-8-6-12(7-9-14)15(20)17-13-10-16-19(11-13)23(3,21)22/h6-11H,4-5H2,1-3H3,(H,17,20). The summed E-state index contributed by atoms with van der Waals surface area (Å²) in [5.74, 6) is -0.316. The van der Waals surface area contributed by atoms with Gasteiger partial charge in [-0.05, 0) is 38.1 Å². The zero-order valence-electron chi connectivity index (χ0n) is 13.4. The molecule has 0 radical (unpaired) electrons. The summed E-state index contributed by atoms with van der Waals surface area (Å²) in [7, 11) is -3.45. The van der Waals surface area contributed by atoms with Gasteiger partial charge in [0.25, 0.3) is 15.9 Å². The molecule has 1 aromatic carbocycles. The van der Waals surface area contributed by atoms with Gasteiger partial charge in [0.15, 0.2) is 0 Å². The number of amides is 1. The van der Waals surface area contributed by atoms with Crippen LogP contribution in [-0.4, -0.2) is 42.9 Å². The number of benzene rings is 1. The first kappa shape index (κ1) is 17.0. The quantitative estimate of drug-likeness (QED) is 0.869. The molecule has 2 aromatic rings. The summed E-state index contributed by atoms with van der Waals surface area (Å²) in [6.07, 6.45) is 3.60. The first-order valence-electron chi connectivity index (χ1n) is 7.26. The number of aromatic nitrogens is 2. The molecule has 1 aromatic heterocycles. The fourth-order valence-corrected chi connectivity index (χ4v) is 2.69. The lowest BCUT2D eigenvalue weighted by molar-refractivity contribution is 0.102. The number of carbonyl (C=O) groups is 1. The Bertz CT molecular complexity index is 777. The molecule has 23 heavy (non-hydrogen) atoms. The molecular weight excluding hydrogens is 316 g/mol. The van der Waals surface area contributed by atoms with E-state index in [0.717, 1.165) is 29.1 Å². The van der Waals surface area contributed by atoms with Crippen molar-refractivity contribution < 1.29 is 13.2 Å². The van der Waals surface area contributed by atoms with Crippen LogP contribution >= 0.6 is 0 Å². The van der Waals surface area contributed by atoms with Gasteiger partial charge in [-0.2, -0.15) is 9.19 Å². The summed E-state index contributed by atoms with van der Waals surface area (Å²) in [5.41, 5.74) is 1.87. The molecule has 2 rings (SSSR count). The van der Waals surface area contributed by atoms with Crippen molar-refractivity contribution in [3.8, 4) is 0 Å². The van der Waals surface area contributed by atoms with Gasteiger partial charge in [-0.15, -0.1) is 0 Å². The minimum Gasteiger partial charge on any atom is -0.372 e. The molecule has 7 nitrogen and oxygen atoms in total. The molecule has 1 amide bonds. The molecular formula is C15H20N4O3S. The van der Waals surface area contributed by atoms with Crippen LogP contribution < -0.4 is 10.2 Å². The second kappa shape index (κ2) is 6.82. The van der Waals surface area contributed by atoms with E-state index in [4.69, 9.17) is 0 Å². The highest BCUT2D eigenvalue weighted by molar-refractivity contribution is 7.89. The minimum absolute atomic E-state index is 0.316. The average molecular weight is 336 g/mol. The highest BCUT2D eigenvalue weighted by atomic mass is 32.2. The molecule has 1 heterocycles. The third-order valence-corrected chi connectivity index (χ3v) is 4.30. The molecule has 0 saturated carbocycles. The van der Waals surface area contributed by atoms with Gasteiger partial charge in [0.05, 0.1) is 24.3 Å². The van der Waals surface area contributed by atoms with Crippen LogP contribution in [0.2, 0.25) is 0 Å². The lowest BCUT2D eigenvalue weighted by Gasteiger charge is -2.21. The number of nitrogens with zero attached hydrogens (tertiary/aromatic N) is 3. The first-order valence-corrected chi connectivity index (χ1v) is 9.11. The molecule has 1 N–H and O–H groups in total. The molecule has 0 bridgehead atoms. The third-order valence-electron chi connectivity index (χ3n) is 3.42. The van der Waals surface area contributed by atoms with Crippen LogP contribution in [0.25, 0.3) is 0 Å². The molecule has 0 aliphatic heterocycles. The van der Waals surface area contributed by atoms with Crippen molar-refractivity contribution >= 4 is 27.3 Å². The molecule has 8 heteroatoms. The van der Waals surface area contributed by atoms with Gasteiger partial charge in [-0.25, -0.2) is 8.42 Å². The van der Waals surface area contributed by atoms with Gasteiger partial charge in [0.2, 0.25) is 0 Å². The van der Waals surface area contributed by atoms with Gasteiger partial charge < -0.3 is 10.2 Å². The monoisotopic (exact) mass is 336 g/mol. The molecule has 0 saturated heterocycles. The third kappa shape index (κ3) is 4.10. The van der Waals surface area contributed by atoms with Crippen molar-refractivity contribution in [2.24, 2.45) is 0 Å². The Hall–Kier alpha value is -2.35. The number of hydrogen-bond acceptors (Lipinski definition) is 5. The summed E-state index contributed by atoms with van der Waals surface area (Å²) in [5, 5.41) is 6.33. The maximum absolute atomic E-state index is 12.2. The second-order valence-electron chi connectivity index (χ2n) is 5.04. The highest BCUT2D eigenvalue weighted by Gasteiger charge is 2.11. The second-order valence-corrected chi connectivity index (χ2v) is 6.88. The predicted molar refractivity (Wildman–Crippen MR) is 90.4 cm³/mol. The van der Waals surface area contributed by atoms with Crippen LogP contribution in [0.1, 0.15) is 24.2 Å². The first-order chi connectivity index (χ1) is 10.8. The Morgan fingerprint density at radius 2 is 1.83 bits per heavy atom. The van der Waals surface area contributed by atoms with Gasteiger partial charge in [-0.1, -0.05) is 0 Å². The lowest BCUT2D eigenvalue weighted by Crippen LogP contribution is -2.21. The SMILES string of the molecule is CCN(CC)c1ccc(C(=O)Nc2cnn(S(C)(=O)=O)c2)cc1. The molecule has 0 atom stereocenters. The summed E-state index contributed by atoms with van der Waals surface area (Å²) in [6, 6.07) is 7.26. The van der Waals surface area contributed by atoms with E-state index in [0.29, 0.717) is 11.3 Å². The number of anilines is 2. The van der Waals surface area contributed by atoms with E-state index in [-0.39, 0.29) is 5.91 Å². The number of nitrogens with one attached hydrogen (secondary N) is 1. The fraction of sp³-hybridized carbons (Fsp3) is 0.333. The minimum atomic E-state index is -3.45. The Labute approximate surface area is 136 Å². The van der Waals surface area contributed by atoms with Crippen LogP contribution in [0, 0.1) is 0 Å². The van der Waals surface area contributed by atoms with Crippen molar-refractivity contribution in [2.75, 3.05) is 29.6 Å². The topological polar surface area (TPSA) is 84.3 Å². The average Bonchev–Trinajstić information content (AvgIpc) is 2.98. The maximum atomic E-state index is 12.2. The number of carbonyl (C=O) groups excluding carboxylic acids is 1. The number of hydrogen-bond donors (Lipinski definition) is 1. The van der Waals surface area contributed by atoms with E-state index in [1.807, 2.05) is 12.1 Å². The molecule has 0 fully saturated rings. The zero-order chi connectivity index (χ0) is 17.0. The Kier molecular flexibility index (Phi) is 5.05. The Morgan fingerprint density at radius 1 is 1.22 bits per heavy atom. The highest BCUT2D eigenvalue weighted by Crippen LogP contribution is 2.16. The summed E-state index contributed by atoms with van der Waals surface area (Å²) in [6.45, 7) is 5.94. The smallest absolute Gasteiger partial charge is 0.255 e. The Balaban J connectivity index is 2.10. The van der Waals surface area contributed by atoms with Crippen molar-refractivity contribution in [1.82, 2.24) is 9.19 Å². The van der Waals surface area contributed by atoms with E-state index >= 15 is 0 Å². The summed E-state index contributed by atoms with van der Waals surface area (Å²) in [4.78, 5) is 14.4. The van der Waals surface area contributed by atoms with E-state index in [1.165, 1.54) is 12.4 Å². The van der Waals surface area contributed by atoms with Gasteiger partial charge in [0, 0.05) is 24.3 Å². The van der Waals surface area contributed by atoms with Crippen molar-refractivity contribution in [2.45, 2.75) is 13.8 Å². The lowest BCUT2D eigenvalue weighted by atomic mass is 10.2. The summed E-state index contributed by atoms with van der Waals surface area (Å²) >= 11 is 0. The van der Waals surface area contributed by atoms with E-state index in [2.05, 4.69) is 29.2 Å². The van der Waals surface area contributed by atoms with Crippen LogP contribution in [0.5, 0.6) is 0 Å². The van der Waals surface area contributed by atoms with E-state index in [9.17, 15) is 13.2 Å². The normalized spacial score (nSPS) is 11.3. The Morgan fingerprint density at radius 3 is 2.30 bits per heavy atom. The molecule has 124 valence electrons. The van der Waals surface area contributed by atoms with Crippen molar-refractivity contribution in [1.29, 1.82) is 0 Å². The zero-order valence-corrected chi connectivity index (χ0v) is 14.2. The van der Waals surface area contributed by atoms with E-state index < -0.39 is 10.0 Å². The fourth-order valence-electron chi connectivity index (χ4n) is 2.17. The van der Waals surface area contributed by atoms with Crippen LogP contribution in [0.15, 0.2) is 36.7 Å². The van der Waals surface area contributed by atoms with E-state index in [1.54, 1.807) is 12.1 Å². The summed E-state index contributed by atoms with van der Waals surface area (Å²) < 4.78 is 23.5. The molecule has 0 aliphatic carbocycles. The number of rotatable bonds is 6. The van der Waals surface area contributed by atoms with Crippen LogP contribution in [0.4, 0.5) is 11.4 Å². The van der Waals surface area contributed by atoms with Gasteiger partial charge >= 0.3 is 0 Å². The van der Waals surface area contributed by atoms with Gasteiger partial charge in [0.1, 0.15) is 0 Å². The van der Waals surface area contributed by atoms with Crippen molar-refractivity contribution in [3.63, 3.8) is 0 Å². The van der Waals surface area contributed by atoms with Crippen LogP contribution in [-0.2, 0) is 10.0 Å². The molecule has 0 unspecified atom stereocenters. The largest absolute Gasteiger partial charge is 0.372 e. The molecule has 0 spiro atoms. The van der Waals surface area contributed by atoms with Crippen molar-refractivity contribution in [3.05, 3.63) is 42.2 Å². The predicted octanol–water partition coefficient (Wildman–Crippen LogP) is 1.79. The van der Waals surface area contributed by atoms with Gasteiger partial charge in [-0.3, -0.25) is 4.79 Å². The van der Waals surface area contributed by atoms with Crippen LogP contribution in [0.3, 0.4) is 0 Å². The molecule has 0 aliphatic rings. The maximum Gasteiger partial charge on any atom is 0.255 e.